The molecule has 10 heteroatoms. The zero-order valence-electron chi connectivity index (χ0n) is 22.2. The van der Waals surface area contributed by atoms with E-state index in [1.54, 1.807) is 35.2 Å². The number of likely N-dealkylation sites (tertiary alicyclic amines) is 1. The molecule has 204 valence electrons. The Morgan fingerprint density at radius 2 is 1.85 bits per heavy atom. The summed E-state index contributed by atoms with van der Waals surface area (Å²) in [5, 5.41) is 0.658. The van der Waals surface area contributed by atoms with Crippen molar-refractivity contribution in [2.45, 2.75) is 50.7 Å². The maximum Gasteiger partial charge on any atom is 0.410 e. The Labute approximate surface area is 229 Å². The van der Waals surface area contributed by atoms with Crippen molar-refractivity contribution in [2.75, 3.05) is 24.5 Å². The van der Waals surface area contributed by atoms with Gasteiger partial charge in [0.25, 0.3) is 10.0 Å². The molecule has 0 radical (unpaired) electrons. The van der Waals surface area contributed by atoms with Gasteiger partial charge in [0.2, 0.25) is 0 Å². The average Bonchev–Trinajstić information content (AvgIpc) is 3.41. The second kappa shape index (κ2) is 11.4. The molecule has 2 aromatic carbocycles. The van der Waals surface area contributed by atoms with Crippen LogP contribution in [-0.4, -0.2) is 59.0 Å². The number of nitrogens with zero attached hydrogens (tertiary/aromatic N) is 5. The predicted molar refractivity (Wildman–Crippen MR) is 150 cm³/mol. The molecule has 0 saturated carbocycles. The molecule has 5 rings (SSSR count). The van der Waals surface area contributed by atoms with Gasteiger partial charge in [-0.2, -0.15) is 0 Å². The number of fused-ring (bicyclic) bond motifs is 1. The van der Waals surface area contributed by atoms with Gasteiger partial charge < -0.3 is 14.5 Å². The molecule has 0 spiro atoms. The summed E-state index contributed by atoms with van der Waals surface area (Å²) in [6.45, 7) is 6.08. The number of hydrogen-bond acceptors (Lipinski definition) is 7. The van der Waals surface area contributed by atoms with Crippen molar-refractivity contribution < 1.29 is 17.9 Å². The van der Waals surface area contributed by atoms with E-state index < -0.39 is 10.0 Å². The van der Waals surface area contributed by atoms with E-state index >= 15 is 0 Å². The van der Waals surface area contributed by atoms with Crippen LogP contribution < -0.4 is 4.90 Å². The Morgan fingerprint density at radius 3 is 2.59 bits per heavy atom. The van der Waals surface area contributed by atoms with Gasteiger partial charge in [0.05, 0.1) is 10.3 Å². The van der Waals surface area contributed by atoms with E-state index in [-0.39, 0.29) is 23.6 Å². The Bertz CT molecular complexity index is 1540. The summed E-state index contributed by atoms with van der Waals surface area (Å²) < 4.78 is 33.7. The van der Waals surface area contributed by atoms with E-state index in [0.29, 0.717) is 36.5 Å². The van der Waals surface area contributed by atoms with Crippen molar-refractivity contribution in [3.05, 3.63) is 84.3 Å². The number of aryl methyl sites for hydroxylation is 1. The van der Waals surface area contributed by atoms with Crippen LogP contribution in [0.25, 0.3) is 11.0 Å². The van der Waals surface area contributed by atoms with Gasteiger partial charge in [0.15, 0.2) is 5.65 Å². The lowest BCUT2D eigenvalue weighted by atomic mass is 10.0. The fourth-order valence-corrected chi connectivity index (χ4v) is 6.35. The SMILES string of the molecule is CCCN(c1ncnc2c1ccn2S(=O)(=O)c1ccc(C)cc1)[C@H]1CCCN(C(=O)OCc2ccccc2)C1. The summed E-state index contributed by atoms with van der Waals surface area (Å²) in [5.41, 5.74) is 2.26. The van der Waals surface area contributed by atoms with Crippen LogP contribution in [0.2, 0.25) is 0 Å². The molecular formula is C29H33N5O4S. The van der Waals surface area contributed by atoms with Crippen LogP contribution >= 0.6 is 0 Å². The number of ether oxygens (including phenoxy) is 1. The van der Waals surface area contributed by atoms with Gasteiger partial charge in [-0.1, -0.05) is 55.0 Å². The molecule has 1 fully saturated rings. The minimum atomic E-state index is -3.83. The second-order valence-corrected chi connectivity index (χ2v) is 11.7. The topological polar surface area (TPSA) is 97.6 Å². The standard InChI is InChI=1S/C29H33N5O4S/c1-3-16-33(24-10-7-17-32(19-24)29(35)38-20-23-8-5-4-6-9-23)27-26-15-18-34(28(26)31-21-30-27)39(36,37)25-13-11-22(2)12-14-25/h4-6,8-9,11-15,18,21,24H,3,7,10,16-17,19-20H2,1-2H3/t24-/m0/s1. The van der Waals surface area contributed by atoms with Crippen LogP contribution in [0, 0.1) is 6.92 Å². The molecule has 3 heterocycles. The van der Waals surface area contributed by atoms with E-state index in [2.05, 4.69) is 21.8 Å². The highest BCUT2D eigenvalue weighted by Gasteiger charge is 2.31. The largest absolute Gasteiger partial charge is 0.445 e. The molecule has 2 aromatic heterocycles. The molecule has 1 aliphatic rings. The summed E-state index contributed by atoms with van der Waals surface area (Å²) in [4.78, 5) is 26.0. The number of piperidine rings is 1. The van der Waals surface area contributed by atoms with Crippen molar-refractivity contribution in [3.8, 4) is 0 Å². The van der Waals surface area contributed by atoms with Crippen LogP contribution in [-0.2, 0) is 21.4 Å². The normalized spacial score (nSPS) is 15.8. The lowest BCUT2D eigenvalue weighted by Gasteiger charge is -2.39. The maximum atomic E-state index is 13.4. The minimum Gasteiger partial charge on any atom is -0.445 e. The van der Waals surface area contributed by atoms with Crippen molar-refractivity contribution in [1.29, 1.82) is 0 Å². The third-order valence-corrected chi connectivity index (χ3v) is 8.72. The molecule has 0 bridgehead atoms. The molecule has 0 N–H and O–H groups in total. The summed E-state index contributed by atoms with van der Waals surface area (Å²) in [6, 6.07) is 18.2. The van der Waals surface area contributed by atoms with Gasteiger partial charge >= 0.3 is 6.09 Å². The van der Waals surface area contributed by atoms with E-state index in [4.69, 9.17) is 4.74 Å². The van der Waals surface area contributed by atoms with E-state index in [1.807, 2.05) is 37.3 Å². The van der Waals surface area contributed by atoms with E-state index in [1.165, 1.54) is 16.5 Å². The van der Waals surface area contributed by atoms with Crippen molar-refractivity contribution in [2.24, 2.45) is 0 Å². The van der Waals surface area contributed by atoms with E-state index in [9.17, 15) is 13.2 Å². The Kier molecular flexibility index (Phi) is 7.83. The summed E-state index contributed by atoms with van der Waals surface area (Å²) in [7, 11) is -3.83. The monoisotopic (exact) mass is 547 g/mol. The first kappa shape index (κ1) is 26.7. The molecule has 0 aliphatic carbocycles. The third-order valence-electron chi connectivity index (χ3n) is 7.04. The van der Waals surface area contributed by atoms with Gasteiger partial charge in [0.1, 0.15) is 18.8 Å². The van der Waals surface area contributed by atoms with Gasteiger partial charge in [-0.15, -0.1) is 0 Å². The average molecular weight is 548 g/mol. The molecule has 9 nitrogen and oxygen atoms in total. The Hall–Kier alpha value is -3.92. The summed E-state index contributed by atoms with van der Waals surface area (Å²) in [5.74, 6) is 0.671. The van der Waals surface area contributed by atoms with Gasteiger partial charge in [-0.25, -0.2) is 27.2 Å². The number of rotatable bonds is 8. The van der Waals surface area contributed by atoms with Gasteiger partial charge in [-0.05, 0) is 49.9 Å². The summed E-state index contributed by atoms with van der Waals surface area (Å²) in [6.07, 6.45) is 5.21. The van der Waals surface area contributed by atoms with Gasteiger partial charge in [-0.3, -0.25) is 0 Å². The number of carbonyl (C=O) groups is 1. The first-order chi connectivity index (χ1) is 18.9. The zero-order chi connectivity index (χ0) is 27.4. The number of hydrogen-bond donors (Lipinski definition) is 0. The Balaban J connectivity index is 1.40. The second-order valence-electron chi connectivity index (χ2n) is 9.84. The molecule has 1 aliphatic heterocycles. The maximum absolute atomic E-state index is 13.4. The molecule has 0 unspecified atom stereocenters. The smallest absolute Gasteiger partial charge is 0.410 e. The van der Waals surface area contributed by atoms with Crippen LogP contribution in [0.15, 0.2) is 78.1 Å². The van der Waals surface area contributed by atoms with Crippen LogP contribution in [0.3, 0.4) is 0 Å². The van der Waals surface area contributed by atoms with Crippen LogP contribution in [0.4, 0.5) is 10.6 Å². The lowest BCUT2D eigenvalue weighted by molar-refractivity contribution is 0.0855. The molecule has 1 atom stereocenters. The number of amides is 1. The van der Waals surface area contributed by atoms with Crippen LogP contribution in [0.5, 0.6) is 0 Å². The van der Waals surface area contributed by atoms with Crippen molar-refractivity contribution in [1.82, 2.24) is 18.8 Å². The molecule has 1 saturated heterocycles. The lowest BCUT2D eigenvalue weighted by Crippen LogP contribution is -2.50. The number of benzene rings is 2. The molecule has 4 aromatic rings. The fourth-order valence-electron chi connectivity index (χ4n) is 5.05. The highest BCUT2D eigenvalue weighted by Crippen LogP contribution is 2.30. The highest BCUT2D eigenvalue weighted by atomic mass is 32.2. The van der Waals surface area contributed by atoms with Crippen LogP contribution in [0.1, 0.15) is 37.3 Å². The summed E-state index contributed by atoms with van der Waals surface area (Å²) >= 11 is 0. The number of anilines is 1. The third kappa shape index (κ3) is 5.61. The zero-order valence-corrected chi connectivity index (χ0v) is 23.0. The molecule has 39 heavy (non-hydrogen) atoms. The molecule has 1 amide bonds. The first-order valence-corrected chi connectivity index (χ1v) is 14.7. The van der Waals surface area contributed by atoms with Crippen molar-refractivity contribution in [3.63, 3.8) is 0 Å². The van der Waals surface area contributed by atoms with Crippen molar-refractivity contribution >= 4 is 33.0 Å². The minimum absolute atomic E-state index is 0.0122. The van der Waals surface area contributed by atoms with E-state index in [0.717, 1.165) is 30.4 Å². The van der Waals surface area contributed by atoms with Gasteiger partial charge in [0, 0.05) is 31.9 Å². The number of aromatic nitrogens is 3. The number of carbonyl (C=O) groups excluding carboxylic acids is 1. The highest BCUT2D eigenvalue weighted by molar-refractivity contribution is 7.90. The quantitative estimate of drug-likeness (QED) is 0.306. The predicted octanol–water partition coefficient (Wildman–Crippen LogP) is 4.99. The fraction of sp³-hybridized carbons (Fsp3) is 0.345. The first-order valence-electron chi connectivity index (χ1n) is 13.2. The Morgan fingerprint density at radius 1 is 1.08 bits per heavy atom. The molecular weight excluding hydrogens is 514 g/mol.